The quantitative estimate of drug-likeness (QED) is 0.745. The SMILES string of the molecule is O=C1CC[C@@]2(c3ccccc3)O[C@@H]1C1(CC1)[C@H]2Br. The van der Waals surface area contributed by atoms with Gasteiger partial charge in [-0.3, -0.25) is 4.79 Å². The highest BCUT2D eigenvalue weighted by Crippen LogP contribution is 2.69. The van der Waals surface area contributed by atoms with Crippen LogP contribution in [0.4, 0.5) is 0 Å². The standard InChI is InChI=1S/C15H15BrO2/c16-13-14(8-9-14)12-11(17)6-7-15(13,18-12)10-4-2-1-3-5-10/h1-5,12-13H,6-9H2/t12-,13+,15-/m0/s1. The fourth-order valence-corrected chi connectivity index (χ4v) is 5.03. The molecule has 18 heavy (non-hydrogen) atoms. The number of carbonyl (C=O) groups is 1. The van der Waals surface area contributed by atoms with Crippen molar-refractivity contribution in [1.29, 1.82) is 0 Å². The zero-order chi connectivity index (χ0) is 12.4. The number of ketones is 1. The zero-order valence-corrected chi connectivity index (χ0v) is 11.7. The molecule has 2 bridgehead atoms. The van der Waals surface area contributed by atoms with Crippen LogP contribution in [0, 0.1) is 5.41 Å². The van der Waals surface area contributed by atoms with Gasteiger partial charge in [-0.1, -0.05) is 46.3 Å². The van der Waals surface area contributed by atoms with E-state index < -0.39 is 0 Å². The number of alkyl halides is 1. The lowest BCUT2D eigenvalue weighted by Gasteiger charge is -2.35. The molecule has 1 saturated carbocycles. The highest BCUT2D eigenvalue weighted by atomic mass is 79.9. The van der Waals surface area contributed by atoms with Gasteiger partial charge in [-0.2, -0.15) is 0 Å². The van der Waals surface area contributed by atoms with Gasteiger partial charge in [0.25, 0.3) is 0 Å². The Bertz CT molecular complexity index is 508. The largest absolute Gasteiger partial charge is 0.357 e. The van der Waals surface area contributed by atoms with Crippen LogP contribution in [-0.4, -0.2) is 16.7 Å². The van der Waals surface area contributed by atoms with Crippen LogP contribution < -0.4 is 0 Å². The highest BCUT2D eigenvalue weighted by molar-refractivity contribution is 9.09. The van der Waals surface area contributed by atoms with Gasteiger partial charge in [0, 0.05) is 11.8 Å². The second kappa shape index (κ2) is 3.45. The summed E-state index contributed by atoms with van der Waals surface area (Å²) in [6.07, 6.45) is 3.53. The second-order valence-corrected chi connectivity index (χ2v) is 6.73. The fraction of sp³-hybridized carbons (Fsp3) is 0.533. The predicted octanol–water partition coefficient (Wildman–Crippen LogP) is 3.19. The minimum atomic E-state index is -0.281. The third-order valence-electron chi connectivity index (χ3n) is 4.89. The molecule has 0 N–H and O–H groups in total. The molecule has 2 saturated heterocycles. The van der Waals surface area contributed by atoms with Crippen LogP contribution in [0.3, 0.4) is 0 Å². The summed E-state index contributed by atoms with van der Waals surface area (Å²) in [4.78, 5) is 12.4. The van der Waals surface area contributed by atoms with Crippen molar-refractivity contribution >= 4 is 21.7 Å². The molecular formula is C15H15BrO2. The molecule has 3 heteroatoms. The van der Waals surface area contributed by atoms with Gasteiger partial charge in [0.2, 0.25) is 0 Å². The summed E-state index contributed by atoms with van der Waals surface area (Å²) in [5.41, 5.74) is 1.02. The lowest BCUT2D eigenvalue weighted by atomic mass is 9.84. The summed E-state index contributed by atoms with van der Waals surface area (Å²) >= 11 is 3.87. The van der Waals surface area contributed by atoms with E-state index in [1.807, 2.05) is 6.07 Å². The van der Waals surface area contributed by atoms with Crippen molar-refractivity contribution < 1.29 is 9.53 Å². The Morgan fingerprint density at radius 1 is 1.17 bits per heavy atom. The molecule has 3 fully saturated rings. The molecule has 0 unspecified atom stereocenters. The first-order valence-electron chi connectivity index (χ1n) is 6.59. The first-order chi connectivity index (χ1) is 8.69. The number of fused-ring (bicyclic) bond motifs is 3. The number of halogens is 1. The minimum Gasteiger partial charge on any atom is -0.357 e. The van der Waals surface area contributed by atoms with Gasteiger partial charge in [-0.15, -0.1) is 0 Å². The Morgan fingerprint density at radius 2 is 1.89 bits per heavy atom. The smallest absolute Gasteiger partial charge is 0.162 e. The van der Waals surface area contributed by atoms with Gasteiger partial charge in [0.05, 0.1) is 4.83 Å². The number of carbonyl (C=O) groups excluding carboxylic acids is 1. The van der Waals surface area contributed by atoms with Gasteiger partial charge in [0.1, 0.15) is 11.7 Å². The predicted molar refractivity (Wildman–Crippen MR) is 71.6 cm³/mol. The first kappa shape index (κ1) is 11.2. The minimum absolute atomic E-state index is 0.0867. The highest BCUT2D eigenvalue weighted by Gasteiger charge is 2.71. The van der Waals surface area contributed by atoms with Gasteiger partial charge in [0.15, 0.2) is 5.78 Å². The van der Waals surface area contributed by atoms with Crippen LogP contribution in [0.2, 0.25) is 0 Å². The average molecular weight is 307 g/mol. The number of hydrogen-bond acceptors (Lipinski definition) is 2. The number of hydrogen-bond donors (Lipinski definition) is 0. The summed E-state index contributed by atoms with van der Waals surface area (Å²) < 4.78 is 6.28. The number of benzene rings is 1. The van der Waals surface area contributed by atoms with E-state index in [4.69, 9.17) is 4.74 Å². The molecule has 94 valence electrons. The van der Waals surface area contributed by atoms with Gasteiger partial charge < -0.3 is 4.74 Å². The number of ether oxygens (including phenoxy) is 1. The van der Waals surface area contributed by atoms with Crippen LogP contribution in [0.25, 0.3) is 0 Å². The molecule has 1 aliphatic carbocycles. The fourth-order valence-electron chi connectivity index (χ4n) is 3.74. The molecular weight excluding hydrogens is 292 g/mol. The summed E-state index contributed by atoms with van der Waals surface area (Å²) in [5, 5.41) is 0. The van der Waals surface area contributed by atoms with E-state index in [2.05, 4.69) is 40.2 Å². The monoisotopic (exact) mass is 306 g/mol. The normalized spacial score (nSPS) is 40.2. The van der Waals surface area contributed by atoms with Crippen LogP contribution in [-0.2, 0) is 15.1 Å². The van der Waals surface area contributed by atoms with E-state index in [1.54, 1.807) is 0 Å². The van der Waals surface area contributed by atoms with Gasteiger partial charge in [-0.05, 0) is 24.8 Å². The van der Waals surface area contributed by atoms with E-state index in [0.717, 1.165) is 19.3 Å². The van der Waals surface area contributed by atoms with Crippen molar-refractivity contribution in [3.63, 3.8) is 0 Å². The lowest BCUT2D eigenvalue weighted by Crippen LogP contribution is -2.38. The average Bonchev–Trinajstić information content (AvgIpc) is 3.17. The van der Waals surface area contributed by atoms with Crippen molar-refractivity contribution in [3.8, 4) is 0 Å². The molecule has 0 amide bonds. The van der Waals surface area contributed by atoms with Crippen molar-refractivity contribution in [1.82, 2.24) is 0 Å². The summed E-state index contributed by atoms with van der Waals surface area (Å²) in [6, 6.07) is 10.4. The third kappa shape index (κ3) is 1.19. The van der Waals surface area contributed by atoms with Crippen molar-refractivity contribution in [2.75, 3.05) is 0 Å². The van der Waals surface area contributed by atoms with Crippen LogP contribution in [0.15, 0.2) is 30.3 Å². The Balaban J connectivity index is 1.85. The van der Waals surface area contributed by atoms with Crippen molar-refractivity contribution in [2.24, 2.45) is 5.41 Å². The maximum atomic E-state index is 12.1. The topological polar surface area (TPSA) is 26.3 Å². The summed E-state index contributed by atoms with van der Waals surface area (Å²) in [7, 11) is 0. The van der Waals surface area contributed by atoms with Crippen LogP contribution >= 0.6 is 15.9 Å². The Hall–Kier alpha value is -0.670. The molecule has 4 rings (SSSR count). The molecule has 1 spiro atoms. The molecule has 0 radical (unpaired) electrons. The molecule has 2 nitrogen and oxygen atoms in total. The van der Waals surface area contributed by atoms with E-state index in [1.165, 1.54) is 5.56 Å². The number of Topliss-reactive ketones (excluding diaryl/α,β-unsaturated/α-hetero) is 1. The van der Waals surface area contributed by atoms with E-state index in [-0.39, 0.29) is 21.9 Å². The molecule has 1 aromatic rings. The van der Waals surface area contributed by atoms with Gasteiger partial charge in [-0.25, -0.2) is 0 Å². The molecule has 2 aliphatic heterocycles. The van der Waals surface area contributed by atoms with Crippen molar-refractivity contribution in [2.45, 2.75) is 42.2 Å². The van der Waals surface area contributed by atoms with E-state index in [0.29, 0.717) is 12.2 Å². The summed E-state index contributed by atoms with van der Waals surface area (Å²) in [5.74, 6) is 0.306. The Labute approximate surface area is 115 Å². The van der Waals surface area contributed by atoms with Gasteiger partial charge >= 0.3 is 0 Å². The third-order valence-corrected chi connectivity index (χ3v) is 6.54. The Kier molecular flexibility index (Phi) is 2.15. The van der Waals surface area contributed by atoms with Crippen LogP contribution in [0.5, 0.6) is 0 Å². The first-order valence-corrected chi connectivity index (χ1v) is 7.51. The molecule has 1 aromatic carbocycles. The van der Waals surface area contributed by atoms with E-state index >= 15 is 0 Å². The molecule has 0 aromatic heterocycles. The summed E-state index contributed by atoms with van der Waals surface area (Å²) in [6.45, 7) is 0. The van der Waals surface area contributed by atoms with Crippen LogP contribution in [0.1, 0.15) is 31.2 Å². The lowest BCUT2D eigenvalue weighted by molar-refractivity contribution is -0.148. The zero-order valence-electron chi connectivity index (χ0n) is 10.1. The molecule has 3 aliphatic rings. The maximum absolute atomic E-state index is 12.1. The molecule has 3 atom stereocenters. The van der Waals surface area contributed by atoms with E-state index in [9.17, 15) is 4.79 Å². The second-order valence-electron chi connectivity index (χ2n) is 5.82. The van der Waals surface area contributed by atoms with Crippen molar-refractivity contribution in [3.05, 3.63) is 35.9 Å². The Morgan fingerprint density at radius 3 is 2.56 bits per heavy atom. The maximum Gasteiger partial charge on any atom is 0.162 e. The molecule has 2 heterocycles. The number of rotatable bonds is 1.